The number of amides is 5. The lowest BCUT2D eigenvalue weighted by Crippen LogP contribution is -2.49. The van der Waals surface area contributed by atoms with E-state index in [1.54, 1.807) is 7.05 Å². The third kappa shape index (κ3) is 3.09. The highest BCUT2D eigenvalue weighted by Gasteiger charge is 2.55. The second-order valence-electron chi connectivity index (χ2n) is 6.94. The lowest BCUT2D eigenvalue weighted by Gasteiger charge is -2.35. The molecule has 2 N–H and O–H groups in total. The maximum Gasteiger partial charge on any atom is 0.327 e. The summed E-state index contributed by atoms with van der Waals surface area (Å²) in [5.74, 6) is -1.03. The molecule has 8 nitrogen and oxygen atoms in total. The second-order valence-corrected chi connectivity index (χ2v) is 6.94. The fraction of sp³-hybridized carbons (Fsp3) is 0.750. The van der Waals surface area contributed by atoms with Crippen LogP contribution >= 0.6 is 0 Å². The van der Waals surface area contributed by atoms with Gasteiger partial charge in [0.05, 0.1) is 6.54 Å². The Labute approximate surface area is 140 Å². The van der Waals surface area contributed by atoms with Crippen molar-refractivity contribution < 1.29 is 19.2 Å². The minimum absolute atomic E-state index is 0.132. The summed E-state index contributed by atoms with van der Waals surface area (Å²) in [6.45, 7) is -0.465. The predicted molar refractivity (Wildman–Crippen MR) is 84.9 cm³/mol. The average Bonchev–Trinajstić information content (AvgIpc) is 3.37. The number of rotatable bonds is 5. The average molecular weight is 336 g/mol. The number of likely N-dealkylation sites (N-methyl/N-ethyl adjacent to an activating group) is 1. The van der Waals surface area contributed by atoms with E-state index in [1.165, 1.54) is 4.90 Å². The molecule has 5 amide bonds. The smallest absolute Gasteiger partial charge is 0.327 e. The molecule has 0 aromatic rings. The first-order valence-electron chi connectivity index (χ1n) is 8.60. The van der Waals surface area contributed by atoms with Crippen LogP contribution in [0.2, 0.25) is 0 Å². The minimum Gasteiger partial charge on any atom is -0.352 e. The van der Waals surface area contributed by atoms with Crippen molar-refractivity contribution in [1.29, 1.82) is 0 Å². The molecule has 0 aromatic carbocycles. The monoisotopic (exact) mass is 336 g/mol. The Balaban J connectivity index is 1.55. The van der Waals surface area contributed by atoms with Crippen molar-refractivity contribution in [3.05, 3.63) is 0 Å². The Morgan fingerprint density at radius 1 is 1.12 bits per heavy atom. The number of urea groups is 1. The standard InChI is InChI=1S/C16H24N4O4/c1-19-15(24)20(14(23)16(19)7-3-2-4-8-16)10-13(22)17-9-12(21)18-11-5-6-11/h11H,2-10H2,1H3,(H,17,22)(H,18,21). The van der Waals surface area contributed by atoms with E-state index in [1.807, 2.05) is 0 Å². The lowest BCUT2D eigenvalue weighted by molar-refractivity contribution is -0.137. The van der Waals surface area contributed by atoms with Crippen LogP contribution in [0.1, 0.15) is 44.9 Å². The fourth-order valence-corrected chi connectivity index (χ4v) is 3.56. The van der Waals surface area contributed by atoms with E-state index < -0.39 is 17.5 Å². The third-order valence-electron chi connectivity index (χ3n) is 5.17. The molecule has 3 rings (SSSR count). The summed E-state index contributed by atoms with van der Waals surface area (Å²) < 4.78 is 0. The van der Waals surface area contributed by atoms with Gasteiger partial charge in [-0.25, -0.2) is 4.79 Å². The molecule has 8 heteroatoms. The van der Waals surface area contributed by atoms with Crippen LogP contribution < -0.4 is 10.6 Å². The number of hydrogen-bond acceptors (Lipinski definition) is 4. The van der Waals surface area contributed by atoms with E-state index in [9.17, 15) is 19.2 Å². The molecule has 0 atom stereocenters. The van der Waals surface area contributed by atoms with Crippen molar-refractivity contribution in [2.75, 3.05) is 20.1 Å². The van der Waals surface area contributed by atoms with Crippen LogP contribution in [0.3, 0.4) is 0 Å². The SMILES string of the molecule is CN1C(=O)N(CC(=O)NCC(=O)NC2CC2)C(=O)C12CCCCC2. The van der Waals surface area contributed by atoms with Gasteiger partial charge in [-0.05, 0) is 25.7 Å². The molecule has 0 unspecified atom stereocenters. The molecule has 1 aliphatic heterocycles. The summed E-state index contributed by atoms with van der Waals surface area (Å²) >= 11 is 0. The largest absolute Gasteiger partial charge is 0.352 e. The molecule has 132 valence electrons. The molecule has 2 saturated carbocycles. The van der Waals surface area contributed by atoms with Crippen LogP contribution in [0.15, 0.2) is 0 Å². The van der Waals surface area contributed by atoms with Crippen LogP contribution in [0.5, 0.6) is 0 Å². The zero-order valence-corrected chi connectivity index (χ0v) is 14.0. The van der Waals surface area contributed by atoms with E-state index >= 15 is 0 Å². The Hall–Kier alpha value is -2.12. The highest BCUT2D eigenvalue weighted by atomic mass is 16.2. The third-order valence-corrected chi connectivity index (χ3v) is 5.17. The number of imide groups is 1. The van der Waals surface area contributed by atoms with E-state index in [0.29, 0.717) is 12.8 Å². The van der Waals surface area contributed by atoms with Crippen LogP contribution in [0.25, 0.3) is 0 Å². The van der Waals surface area contributed by atoms with E-state index in [2.05, 4.69) is 10.6 Å². The summed E-state index contributed by atoms with van der Waals surface area (Å²) in [5, 5.41) is 5.24. The van der Waals surface area contributed by atoms with Gasteiger partial charge in [-0.15, -0.1) is 0 Å². The highest BCUT2D eigenvalue weighted by molar-refractivity contribution is 6.09. The predicted octanol–water partition coefficient (Wildman–Crippen LogP) is -0.0219. The van der Waals surface area contributed by atoms with Gasteiger partial charge in [0.15, 0.2) is 0 Å². The van der Waals surface area contributed by atoms with E-state index in [0.717, 1.165) is 37.0 Å². The fourth-order valence-electron chi connectivity index (χ4n) is 3.56. The van der Waals surface area contributed by atoms with Crippen molar-refractivity contribution in [3.8, 4) is 0 Å². The molecule has 1 heterocycles. The summed E-state index contributed by atoms with van der Waals surface area (Å²) in [5.41, 5.74) is -0.779. The quantitative estimate of drug-likeness (QED) is 0.689. The number of carbonyl (C=O) groups excluding carboxylic acids is 4. The summed E-state index contributed by atoms with van der Waals surface area (Å²) in [7, 11) is 1.63. The molecule has 1 spiro atoms. The van der Waals surface area contributed by atoms with Crippen molar-refractivity contribution >= 4 is 23.8 Å². The van der Waals surface area contributed by atoms with Gasteiger partial charge >= 0.3 is 6.03 Å². The minimum atomic E-state index is -0.779. The van der Waals surface area contributed by atoms with Crippen LogP contribution in [-0.2, 0) is 14.4 Å². The van der Waals surface area contributed by atoms with Gasteiger partial charge in [-0.2, -0.15) is 0 Å². The number of hydrogen-bond donors (Lipinski definition) is 2. The first-order chi connectivity index (χ1) is 11.4. The van der Waals surface area contributed by atoms with Gasteiger partial charge < -0.3 is 15.5 Å². The Kier molecular flexibility index (Phi) is 4.47. The van der Waals surface area contributed by atoms with Crippen molar-refractivity contribution in [2.45, 2.75) is 56.5 Å². The first kappa shape index (κ1) is 16.7. The molecule has 0 aromatic heterocycles. The first-order valence-corrected chi connectivity index (χ1v) is 8.60. The summed E-state index contributed by atoms with van der Waals surface area (Å²) in [6, 6.07) is -0.199. The maximum atomic E-state index is 12.7. The molecule has 3 fully saturated rings. The number of nitrogens with one attached hydrogen (secondary N) is 2. The summed E-state index contributed by atoms with van der Waals surface area (Å²) in [6.07, 6.45) is 6.13. The Morgan fingerprint density at radius 2 is 1.79 bits per heavy atom. The molecular weight excluding hydrogens is 312 g/mol. The number of carbonyl (C=O) groups is 4. The van der Waals surface area contributed by atoms with Crippen LogP contribution in [0, 0.1) is 0 Å². The normalized spacial score (nSPS) is 22.9. The zero-order chi connectivity index (χ0) is 17.3. The van der Waals surface area contributed by atoms with E-state index in [4.69, 9.17) is 0 Å². The van der Waals surface area contributed by atoms with Gasteiger partial charge in [-0.3, -0.25) is 19.3 Å². The topological polar surface area (TPSA) is 98.8 Å². The lowest BCUT2D eigenvalue weighted by atomic mass is 9.81. The molecular formula is C16H24N4O4. The van der Waals surface area contributed by atoms with Gasteiger partial charge in [0.2, 0.25) is 11.8 Å². The van der Waals surface area contributed by atoms with Crippen molar-refractivity contribution in [2.24, 2.45) is 0 Å². The van der Waals surface area contributed by atoms with Crippen molar-refractivity contribution in [3.63, 3.8) is 0 Å². The summed E-state index contributed by atoms with van der Waals surface area (Å²) in [4.78, 5) is 51.2. The maximum absolute atomic E-state index is 12.7. The highest BCUT2D eigenvalue weighted by Crippen LogP contribution is 2.39. The Bertz CT molecular complexity index is 566. The van der Waals surface area contributed by atoms with E-state index in [-0.39, 0.29) is 30.9 Å². The molecule has 2 aliphatic carbocycles. The van der Waals surface area contributed by atoms with Gasteiger partial charge in [-0.1, -0.05) is 19.3 Å². The van der Waals surface area contributed by atoms with Gasteiger partial charge in [0.25, 0.3) is 5.91 Å². The Morgan fingerprint density at radius 3 is 2.42 bits per heavy atom. The van der Waals surface area contributed by atoms with Crippen molar-refractivity contribution in [1.82, 2.24) is 20.4 Å². The molecule has 3 aliphatic rings. The zero-order valence-electron chi connectivity index (χ0n) is 14.0. The van der Waals surface area contributed by atoms with Crippen LogP contribution in [-0.4, -0.2) is 65.3 Å². The molecule has 24 heavy (non-hydrogen) atoms. The second kappa shape index (κ2) is 6.41. The molecule has 1 saturated heterocycles. The number of nitrogens with zero attached hydrogens (tertiary/aromatic N) is 2. The van der Waals surface area contributed by atoms with Crippen LogP contribution in [0.4, 0.5) is 4.79 Å². The van der Waals surface area contributed by atoms with Gasteiger partial charge in [0.1, 0.15) is 12.1 Å². The molecule has 0 bridgehead atoms. The van der Waals surface area contributed by atoms with Gasteiger partial charge in [0, 0.05) is 13.1 Å². The molecule has 0 radical (unpaired) electrons.